The molecule has 0 aromatic carbocycles. The minimum atomic E-state index is 0.0388. The van der Waals surface area contributed by atoms with Crippen LogP contribution in [0.2, 0.25) is 0 Å². The van der Waals surface area contributed by atoms with Gasteiger partial charge in [-0.2, -0.15) is 5.10 Å². The van der Waals surface area contributed by atoms with Crippen LogP contribution in [0.25, 0.3) is 0 Å². The maximum absolute atomic E-state index is 12.3. The van der Waals surface area contributed by atoms with Crippen LogP contribution in [0.3, 0.4) is 0 Å². The van der Waals surface area contributed by atoms with Crippen LogP contribution in [0.1, 0.15) is 67.7 Å². The molecule has 23 heavy (non-hydrogen) atoms. The van der Waals surface area contributed by atoms with Gasteiger partial charge in [0.2, 0.25) is 5.91 Å². The number of amides is 1. The summed E-state index contributed by atoms with van der Waals surface area (Å²) >= 11 is 1.57. The van der Waals surface area contributed by atoms with Gasteiger partial charge in [-0.05, 0) is 45.1 Å². The fraction of sp³-hybridized carbons (Fsp3) is 0.588. The van der Waals surface area contributed by atoms with Crippen molar-refractivity contribution in [2.75, 3.05) is 0 Å². The summed E-state index contributed by atoms with van der Waals surface area (Å²) in [4.78, 5) is 16.8. The Bertz CT molecular complexity index is 689. The summed E-state index contributed by atoms with van der Waals surface area (Å²) < 4.78 is 2.00. The number of carbonyl (C=O) groups is 1. The van der Waals surface area contributed by atoms with Gasteiger partial charge in [-0.3, -0.25) is 9.48 Å². The summed E-state index contributed by atoms with van der Waals surface area (Å²) in [5.74, 6) is 0.0407. The highest BCUT2D eigenvalue weighted by Crippen LogP contribution is 2.29. The number of aryl methyl sites for hydroxylation is 2. The molecule has 1 amide bonds. The number of fused-ring (bicyclic) bond motifs is 1. The van der Waals surface area contributed by atoms with Gasteiger partial charge in [0, 0.05) is 17.6 Å². The Balaban J connectivity index is 1.67. The normalized spacial score (nSPS) is 17.3. The zero-order chi connectivity index (χ0) is 16.4. The Hall–Kier alpha value is -1.69. The minimum absolute atomic E-state index is 0.0388. The molecule has 1 aliphatic carbocycles. The average molecular weight is 332 g/mol. The molecule has 2 aromatic rings. The Kier molecular flexibility index (Phi) is 4.80. The lowest BCUT2D eigenvalue weighted by Crippen LogP contribution is -2.32. The summed E-state index contributed by atoms with van der Waals surface area (Å²) in [7, 11) is 0. The highest BCUT2D eigenvalue weighted by Gasteiger charge is 2.26. The van der Waals surface area contributed by atoms with E-state index in [2.05, 4.69) is 37.3 Å². The number of hydrogen-bond acceptors (Lipinski definition) is 4. The van der Waals surface area contributed by atoms with E-state index in [1.807, 2.05) is 10.1 Å². The number of thiazole rings is 1. The molecule has 6 heteroatoms. The minimum Gasteiger partial charge on any atom is -0.347 e. The molecular weight excluding hydrogens is 308 g/mol. The van der Waals surface area contributed by atoms with Crippen molar-refractivity contribution in [2.45, 2.75) is 65.0 Å². The van der Waals surface area contributed by atoms with Crippen molar-refractivity contribution in [3.05, 3.63) is 33.5 Å². The topological polar surface area (TPSA) is 59.8 Å². The smallest absolute Gasteiger partial charge is 0.227 e. The fourth-order valence-corrected chi connectivity index (χ4v) is 3.82. The third-order valence-electron chi connectivity index (χ3n) is 4.25. The van der Waals surface area contributed by atoms with E-state index in [4.69, 9.17) is 5.10 Å². The lowest BCUT2D eigenvalue weighted by Gasteiger charge is -2.22. The summed E-state index contributed by atoms with van der Waals surface area (Å²) in [6.45, 7) is 6.33. The average Bonchev–Trinajstić information content (AvgIpc) is 3.14. The number of nitrogens with one attached hydrogen (secondary N) is 1. The molecule has 1 atom stereocenters. The second-order valence-corrected chi connectivity index (χ2v) is 7.33. The van der Waals surface area contributed by atoms with Crippen molar-refractivity contribution in [3.8, 4) is 0 Å². The molecule has 3 rings (SSSR count). The Morgan fingerprint density at radius 2 is 2.35 bits per heavy atom. The van der Waals surface area contributed by atoms with E-state index in [1.165, 1.54) is 5.56 Å². The van der Waals surface area contributed by atoms with Gasteiger partial charge < -0.3 is 5.32 Å². The summed E-state index contributed by atoms with van der Waals surface area (Å²) in [6, 6.07) is 0.386. The summed E-state index contributed by atoms with van der Waals surface area (Å²) in [5.41, 5.74) is 3.39. The van der Waals surface area contributed by atoms with E-state index in [9.17, 15) is 4.79 Å². The van der Waals surface area contributed by atoms with Gasteiger partial charge in [0.05, 0.1) is 23.9 Å². The van der Waals surface area contributed by atoms with Crippen LogP contribution in [-0.2, 0) is 24.1 Å². The van der Waals surface area contributed by atoms with E-state index in [-0.39, 0.29) is 11.9 Å². The summed E-state index contributed by atoms with van der Waals surface area (Å²) in [5, 5.41) is 10.8. The van der Waals surface area contributed by atoms with Gasteiger partial charge >= 0.3 is 0 Å². The van der Waals surface area contributed by atoms with E-state index in [0.717, 1.165) is 42.1 Å². The molecular formula is C17H24N4OS. The molecule has 0 saturated carbocycles. The Labute approximate surface area is 141 Å². The van der Waals surface area contributed by atoms with Crippen molar-refractivity contribution >= 4 is 17.2 Å². The van der Waals surface area contributed by atoms with Crippen LogP contribution in [0.15, 0.2) is 11.6 Å². The fourth-order valence-electron chi connectivity index (χ4n) is 2.94. The molecule has 1 N–H and O–H groups in total. The first-order chi connectivity index (χ1) is 11.1. The first-order valence-electron chi connectivity index (χ1n) is 8.37. The van der Waals surface area contributed by atoms with Gasteiger partial charge in [-0.25, -0.2) is 4.98 Å². The van der Waals surface area contributed by atoms with E-state index < -0.39 is 0 Å². The molecule has 2 aromatic heterocycles. The van der Waals surface area contributed by atoms with E-state index >= 15 is 0 Å². The van der Waals surface area contributed by atoms with Gasteiger partial charge in [-0.1, -0.05) is 6.92 Å². The van der Waals surface area contributed by atoms with Crippen LogP contribution in [0, 0.1) is 0 Å². The van der Waals surface area contributed by atoms with E-state index in [0.29, 0.717) is 12.5 Å². The monoisotopic (exact) mass is 332 g/mol. The molecule has 0 saturated heterocycles. The zero-order valence-electron chi connectivity index (χ0n) is 14.0. The molecule has 2 heterocycles. The van der Waals surface area contributed by atoms with Crippen LogP contribution in [0.5, 0.6) is 0 Å². The first kappa shape index (κ1) is 16.2. The molecule has 0 radical (unpaired) electrons. The number of nitrogens with zero attached hydrogens (tertiary/aromatic N) is 3. The molecule has 5 nitrogen and oxygen atoms in total. The number of aromatic nitrogens is 3. The van der Waals surface area contributed by atoms with Gasteiger partial charge in [-0.15, -0.1) is 11.3 Å². The van der Waals surface area contributed by atoms with Crippen LogP contribution in [0.4, 0.5) is 0 Å². The molecule has 0 aliphatic heterocycles. The highest BCUT2D eigenvalue weighted by atomic mass is 32.1. The van der Waals surface area contributed by atoms with Crippen molar-refractivity contribution in [3.63, 3.8) is 0 Å². The molecule has 0 spiro atoms. The molecule has 0 bridgehead atoms. The van der Waals surface area contributed by atoms with Crippen molar-refractivity contribution in [2.24, 2.45) is 0 Å². The van der Waals surface area contributed by atoms with Crippen molar-refractivity contribution in [1.82, 2.24) is 20.1 Å². The van der Waals surface area contributed by atoms with Crippen LogP contribution < -0.4 is 5.32 Å². The standard InChI is InChI=1S/C17H24N4OS/c1-4-13-10-23-16(18-13)8-15(22)19-14-7-5-6-12-9-21(11(2)3)20-17(12)14/h9-11,14H,4-8H2,1-3H3,(H,19,22). The second kappa shape index (κ2) is 6.83. The Morgan fingerprint density at radius 1 is 1.52 bits per heavy atom. The first-order valence-corrected chi connectivity index (χ1v) is 9.25. The van der Waals surface area contributed by atoms with Gasteiger partial charge in [0.1, 0.15) is 5.01 Å². The predicted molar refractivity (Wildman–Crippen MR) is 91.6 cm³/mol. The van der Waals surface area contributed by atoms with Crippen LogP contribution >= 0.6 is 11.3 Å². The number of hydrogen-bond donors (Lipinski definition) is 1. The second-order valence-electron chi connectivity index (χ2n) is 6.39. The van der Waals surface area contributed by atoms with Crippen LogP contribution in [-0.4, -0.2) is 20.7 Å². The third kappa shape index (κ3) is 3.63. The molecule has 1 unspecified atom stereocenters. The predicted octanol–water partition coefficient (Wildman–Crippen LogP) is 3.22. The molecule has 0 fully saturated rings. The lowest BCUT2D eigenvalue weighted by molar-refractivity contribution is -0.121. The van der Waals surface area contributed by atoms with E-state index in [1.54, 1.807) is 11.3 Å². The van der Waals surface area contributed by atoms with Crippen molar-refractivity contribution in [1.29, 1.82) is 0 Å². The maximum atomic E-state index is 12.3. The number of carbonyl (C=O) groups excluding carboxylic acids is 1. The zero-order valence-corrected chi connectivity index (χ0v) is 14.8. The lowest BCUT2D eigenvalue weighted by atomic mass is 9.93. The molecule has 1 aliphatic rings. The summed E-state index contributed by atoms with van der Waals surface area (Å²) in [6.07, 6.45) is 6.52. The third-order valence-corrected chi connectivity index (χ3v) is 5.14. The molecule has 124 valence electrons. The van der Waals surface area contributed by atoms with Gasteiger partial charge in [0.15, 0.2) is 0 Å². The number of rotatable bonds is 5. The quantitative estimate of drug-likeness (QED) is 0.914. The highest BCUT2D eigenvalue weighted by molar-refractivity contribution is 7.09. The van der Waals surface area contributed by atoms with Crippen molar-refractivity contribution < 1.29 is 4.79 Å². The largest absolute Gasteiger partial charge is 0.347 e. The maximum Gasteiger partial charge on any atom is 0.227 e. The SMILES string of the molecule is CCc1csc(CC(=O)NC2CCCc3cn(C(C)C)nc32)n1. The van der Waals surface area contributed by atoms with Gasteiger partial charge in [0.25, 0.3) is 0 Å². The Morgan fingerprint density at radius 3 is 3.04 bits per heavy atom.